The minimum Gasteiger partial charge on any atom is -0.326 e. The molecule has 2 nitrogen and oxygen atoms in total. The van der Waals surface area contributed by atoms with Crippen molar-refractivity contribution in [2.24, 2.45) is 0 Å². The Bertz CT molecular complexity index is 131. The van der Waals surface area contributed by atoms with Gasteiger partial charge in [-0.1, -0.05) is 33.6 Å². The molecule has 0 aromatic heterocycles. The van der Waals surface area contributed by atoms with Crippen molar-refractivity contribution in [1.29, 1.82) is 0 Å². The summed E-state index contributed by atoms with van der Waals surface area (Å²) in [4.78, 5) is 2.57. The molecule has 1 aliphatic rings. The summed E-state index contributed by atoms with van der Waals surface area (Å²) in [5.41, 5.74) is 0. The average Bonchev–Trinajstić information content (AvgIpc) is 2.22. The molecule has 0 unspecified atom stereocenters. The number of likely N-dealkylation sites (N-methyl/N-ethyl adjacent to an activating group) is 1. The number of unbranched alkanes of at least 4 members (excludes halogenated alkanes) is 1. The van der Waals surface area contributed by atoms with E-state index in [1.807, 2.05) is 0 Å². The quantitative estimate of drug-likeness (QED) is 0.654. The molecule has 0 aliphatic carbocycles. The van der Waals surface area contributed by atoms with E-state index < -0.39 is 0 Å². The fraction of sp³-hybridized carbons (Fsp3) is 1.00. The summed E-state index contributed by atoms with van der Waals surface area (Å²) in [7, 11) is 4.65. The van der Waals surface area contributed by atoms with Gasteiger partial charge >= 0.3 is 0 Å². The zero-order chi connectivity index (χ0) is 11.7. The van der Waals surface area contributed by atoms with Crippen molar-refractivity contribution in [3.05, 3.63) is 0 Å². The van der Waals surface area contributed by atoms with Gasteiger partial charge in [0.15, 0.2) is 0 Å². The molecule has 0 aromatic rings. The number of piperazine rings is 1. The second kappa shape index (κ2) is 8.12. The number of hydrogen-bond acceptors (Lipinski definition) is 1. The Balaban J connectivity index is 0.000000423. The molecular formula is C13H31N2+. The Kier molecular flexibility index (Phi) is 8.07. The van der Waals surface area contributed by atoms with Crippen LogP contribution in [0, 0.1) is 0 Å². The van der Waals surface area contributed by atoms with Crippen LogP contribution in [0.3, 0.4) is 0 Å². The van der Waals surface area contributed by atoms with Crippen LogP contribution >= 0.6 is 0 Å². The van der Waals surface area contributed by atoms with Crippen molar-refractivity contribution >= 4 is 0 Å². The Morgan fingerprint density at radius 1 is 0.867 bits per heavy atom. The molecule has 0 aromatic carbocycles. The molecule has 0 N–H and O–H groups in total. The summed E-state index contributed by atoms with van der Waals surface area (Å²) in [6.07, 6.45) is 3.94. The Labute approximate surface area is 96.8 Å². The van der Waals surface area contributed by atoms with E-state index >= 15 is 0 Å². The topological polar surface area (TPSA) is 3.24 Å². The summed E-state index contributed by atoms with van der Waals surface area (Å²) < 4.78 is 1.21. The van der Waals surface area contributed by atoms with Crippen molar-refractivity contribution in [3.63, 3.8) is 0 Å². The first kappa shape index (κ1) is 14.9. The van der Waals surface area contributed by atoms with Gasteiger partial charge in [-0.3, -0.25) is 4.90 Å². The molecule has 0 atom stereocenters. The first-order valence-corrected chi connectivity index (χ1v) is 6.60. The van der Waals surface area contributed by atoms with Crippen LogP contribution in [0.2, 0.25) is 0 Å². The van der Waals surface area contributed by atoms with Gasteiger partial charge in [0.2, 0.25) is 0 Å². The van der Waals surface area contributed by atoms with Crippen LogP contribution in [0.15, 0.2) is 0 Å². The van der Waals surface area contributed by atoms with E-state index in [9.17, 15) is 0 Å². The van der Waals surface area contributed by atoms with E-state index in [0.29, 0.717) is 0 Å². The van der Waals surface area contributed by atoms with Crippen LogP contribution in [0.4, 0.5) is 0 Å². The van der Waals surface area contributed by atoms with Gasteiger partial charge in [-0.2, -0.15) is 0 Å². The van der Waals surface area contributed by atoms with Gasteiger partial charge in [-0.15, -0.1) is 0 Å². The first-order valence-electron chi connectivity index (χ1n) is 6.60. The summed E-state index contributed by atoms with van der Waals surface area (Å²) in [5.74, 6) is 0. The van der Waals surface area contributed by atoms with Gasteiger partial charge in [0.25, 0.3) is 0 Å². The number of nitrogens with zero attached hydrogens (tertiary/aromatic N) is 2. The molecule has 0 amide bonds. The third kappa shape index (κ3) is 7.80. The first-order chi connectivity index (χ1) is 7.05. The molecular weight excluding hydrogens is 184 g/mol. The zero-order valence-electron chi connectivity index (χ0n) is 11.6. The summed E-state index contributed by atoms with van der Waals surface area (Å²) in [6.45, 7) is 13.1. The van der Waals surface area contributed by atoms with Crippen LogP contribution in [0.5, 0.6) is 0 Å². The van der Waals surface area contributed by atoms with Crippen LogP contribution in [0.1, 0.15) is 40.0 Å². The lowest BCUT2D eigenvalue weighted by Crippen LogP contribution is -2.54. The smallest absolute Gasteiger partial charge is 0.0912 e. The molecule has 1 rings (SSSR count). The Morgan fingerprint density at radius 3 is 1.67 bits per heavy atom. The second-order valence-electron chi connectivity index (χ2n) is 5.22. The highest BCUT2D eigenvalue weighted by Crippen LogP contribution is 2.06. The van der Waals surface area contributed by atoms with Crippen molar-refractivity contribution in [3.8, 4) is 0 Å². The van der Waals surface area contributed by atoms with Crippen LogP contribution in [0.25, 0.3) is 0 Å². The normalized spacial score (nSPS) is 20.6. The fourth-order valence-electron chi connectivity index (χ4n) is 1.59. The van der Waals surface area contributed by atoms with Gasteiger partial charge < -0.3 is 4.48 Å². The minimum absolute atomic E-state index is 1.21. The predicted molar refractivity (Wildman–Crippen MR) is 69.2 cm³/mol. The molecule has 15 heavy (non-hydrogen) atoms. The van der Waals surface area contributed by atoms with Gasteiger partial charge in [-0.05, 0) is 13.0 Å². The maximum Gasteiger partial charge on any atom is 0.0912 e. The van der Waals surface area contributed by atoms with E-state index in [4.69, 9.17) is 0 Å². The number of rotatable bonds is 3. The van der Waals surface area contributed by atoms with Crippen LogP contribution < -0.4 is 0 Å². The average molecular weight is 215 g/mol. The molecule has 1 aliphatic heterocycles. The maximum atomic E-state index is 2.57. The fourth-order valence-corrected chi connectivity index (χ4v) is 1.59. The molecule has 1 heterocycles. The highest BCUT2D eigenvalue weighted by molar-refractivity contribution is 4.60. The van der Waals surface area contributed by atoms with Crippen LogP contribution in [-0.2, 0) is 0 Å². The van der Waals surface area contributed by atoms with Crippen molar-refractivity contribution in [1.82, 2.24) is 4.90 Å². The van der Waals surface area contributed by atoms with Crippen molar-refractivity contribution in [2.45, 2.75) is 40.0 Å². The zero-order valence-corrected chi connectivity index (χ0v) is 11.6. The lowest BCUT2D eigenvalue weighted by atomic mass is 10.3. The third-order valence-electron chi connectivity index (χ3n) is 3.08. The Morgan fingerprint density at radius 2 is 1.33 bits per heavy atom. The molecule has 92 valence electrons. The highest BCUT2D eigenvalue weighted by Gasteiger charge is 2.22. The molecule has 1 saturated heterocycles. The maximum absolute atomic E-state index is 2.57. The summed E-state index contributed by atoms with van der Waals surface area (Å²) in [6, 6.07) is 0. The molecule has 0 saturated carbocycles. The monoisotopic (exact) mass is 215 g/mol. The number of quaternary nitrogens is 1. The van der Waals surface area contributed by atoms with Gasteiger partial charge in [-0.25, -0.2) is 0 Å². The standard InChI is InChI=1S/C9H21N2.C4H10/c1-4-5-10-6-8-11(2,3)9-7-10;1-3-4-2/h4-9H2,1-3H3;3-4H2,1-2H3/q+1;. The van der Waals surface area contributed by atoms with E-state index in [1.165, 1.54) is 56.5 Å². The second-order valence-corrected chi connectivity index (χ2v) is 5.22. The lowest BCUT2D eigenvalue weighted by molar-refractivity contribution is -0.894. The molecule has 1 fully saturated rings. The lowest BCUT2D eigenvalue weighted by Gasteiger charge is -2.38. The largest absolute Gasteiger partial charge is 0.326 e. The van der Waals surface area contributed by atoms with Gasteiger partial charge in [0.1, 0.15) is 0 Å². The SMILES string of the molecule is CCCC.CCCN1CC[N+](C)(C)CC1. The van der Waals surface area contributed by atoms with Crippen LogP contribution in [-0.4, -0.2) is 56.2 Å². The van der Waals surface area contributed by atoms with E-state index in [0.717, 1.165) is 0 Å². The third-order valence-corrected chi connectivity index (χ3v) is 3.08. The van der Waals surface area contributed by atoms with Gasteiger partial charge in [0, 0.05) is 13.1 Å². The number of hydrogen-bond donors (Lipinski definition) is 0. The minimum atomic E-state index is 1.21. The Hall–Kier alpha value is -0.0800. The highest BCUT2D eigenvalue weighted by atomic mass is 15.4. The van der Waals surface area contributed by atoms with E-state index in [1.54, 1.807) is 0 Å². The molecule has 2 heteroatoms. The van der Waals surface area contributed by atoms with E-state index in [-0.39, 0.29) is 0 Å². The molecule has 0 bridgehead atoms. The summed E-state index contributed by atoms with van der Waals surface area (Å²) >= 11 is 0. The van der Waals surface area contributed by atoms with E-state index in [2.05, 4.69) is 39.8 Å². The molecule has 0 radical (unpaired) electrons. The van der Waals surface area contributed by atoms with Gasteiger partial charge in [0.05, 0.1) is 27.2 Å². The molecule has 0 spiro atoms. The predicted octanol–water partition coefficient (Wildman–Crippen LogP) is 2.59. The van der Waals surface area contributed by atoms with Crippen molar-refractivity contribution < 1.29 is 4.48 Å². The van der Waals surface area contributed by atoms with Crippen molar-refractivity contribution in [2.75, 3.05) is 46.8 Å². The summed E-state index contributed by atoms with van der Waals surface area (Å²) in [5, 5.41) is 0.